The first-order valence-corrected chi connectivity index (χ1v) is 10.9. The van der Waals surface area contributed by atoms with Crippen LogP contribution in [0.1, 0.15) is 43.7 Å². The first-order chi connectivity index (χ1) is 13.7. The molecule has 1 heterocycles. The fraction of sp³-hybridized carbons (Fsp3) is 0.520. The van der Waals surface area contributed by atoms with E-state index in [9.17, 15) is 0 Å². The summed E-state index contributed by atoms with van der Waals surface area (Å²) >= 11 is 0. The summed E-state index contributed by atoms with van der Waals surface area (Å²) in [6, 6.07) is 18.6. The Bertz CT molecular complexity index is 734. The van der Waals surface area contributed by atoms with Crippen LogP contribution in [0.4, 0.5) is 0 Å². The van der Waals surface area contributed by atoms with Crippen molar-refractivity contribution < 1.29 is 4.74 Å². The van der Waals surface area contributed by atoms with Crippen LogP contribution in [0.5, 0.6) is 0 Å². The van der Waals surface area contributed by atoms with Gasteiger partial charge in [-0.2, -0.15) is 0 Å². The van der Waals surface area contributed by atoms with Gasteiger partial charge in [0.2, 0.25) is 0 Å². The Morgan fingerprint density at radius 3 is 2.07 bits per heavy atom. The number of hydrogen-bond donors (Lipinski definition) is 0. The summed E-state index contributed by atoms with van der Waals surface area (Å²) in [5.41, 5.74) is 5.25. The second-order valence-corrected chi connectivity index (χ2v) is 8.69. The molecule has 3 nitrogen and oxygen atoms in total. The van der Waals surface area contributed by atoms with Gasteiger partial charge in [0.05, 0.1) is 12.7 Å². The summed E-state index contributed by atoms with van der Waals surface area (Å²) in [6.45, 7) is 7.61. The molecule has 1 saturated carbocycles. The first kappa shape index (κ1) is 19.6. The SMILES string of the molecule is C[C@@H]1CN(C)CCN1Cc1ccc(-c2ccc(COC3CCCC3)cc2)cc1. The van der Waals surface area contributed by atoms with Gasteiger partial charge in [-0.25, -0.2) is 0 Å². The van der Waals surface area contributed by atoms with Gasteiger partial charge >= 0.3 is 0 Å². The fourth-order valence-electron chi connectivity index (χ4n) is 4.51. The second kappa shape index (κ2) is 9.21. The summed E-state index contributed by atoms with van der Waals surface area (Å²) in [5, 5.41) is 0. The molecule has 0 amide bonds. The third-order valence-electron chi connectivity index (χ3n) is 6.38. The van der Waals surface area contributed by atoms with E-state index in [4.69, 9.17) is 4.74 Å². The average molecular weight is 379 g/mol. The number of likely N-dealkylation sites (N-methyl/N-ethyl adjacent to an activating group) is 1. The van der Waals surface area contributed by atoms with E-state index in [1.54, 1.807) is 0 Å². The van der Waals surface area contributed by atoms with Gasteiger partial charge in [0, 0.05) is 32.2 Å². The largest absolute Gasteiger partial charge is 0.374 e. The van der Waals surface area contributed by atoms with Crippen LogP contribution in [-0.4, -0.2) is 48.6 Å². The minimum atomic E-state index is 0.482. The number of rotatable bonds is 6. The van der Waals surface area contributed by atoms with Crippen molar-refractivity contribution in [1.82, 2.24) is 9.80 Å². The molecular formula is C25H34N2O. The molecule has 0 N–H and O–H groups in total. The highest BCUT2D eigenvalue weighted by Gasteiger charge is 2.21. The van der Waals surface area contributed by atoms with Crippen LogP contribution in [0.25, 0.3) is 11.1 Å². The summed E-state index contributed by atoms with van der Waals surface area (Å²) in [6.07, 6.45) is 5.60. The van der Waals surface area contributed by atoms with E-state index in [1.165, 1.54) is 54.5 Å². The van der Waals surface area contributed by atoms with Gasteiger partial charge in [0.1, 0.15) is 0 Å². The fourth-order valence-corrected chi connectivity index (χ4v) is 4.51. The Hall–Kier alpha value is -1.68. The van der Waals surface area contributed by atoms with Crippen LogP contribution >= 0.6 is 0 Å². The van der Waals surface area contributed by atoms with Gasteiger partial charge in [-0.1, -0.05) is 61.4 Å². The van der Waals surface area contributed by atoms with Crippen molar-refractivity contribution in [2.45, 2.75) is 57.9 Å². The summed E-state index contributed by atoms with van der Waals surface area (Å²) in [4.78, 5) is 5.01. The minimum absolute atomic E-state index is 0.482. The molecule has 28 heavy (non-hydrogen) atoms. The highest BCUT2D eigenvalue weighted by molar-refractivity contribution is 5.63. The van der Waals surface area contributed by atoms with Crippen molar-refractivity contribution in [2.75, 3.05) is 26.7 Å². The van der Waals surface area contributed by atoms with Crippen LogP contribution in [0.15, 0.2) is 48.5 Å². The number of nitrogens with zero attached hydrogens (tertiary/aromatic N) is 2. The molecule has 1 aliphatic carbocycles. The van der Waals surface area contributed by atoms with Gasteiger partial charge < -0.3 is 9.64 Å². The molecule has 2 aromatic rings. The van der Waals surface area contributed by atoms with Gasteiger partial charge in [-0.15, -0.1) is 0 Å². The lowest BCUT2D eigenvalue weighted by Gasteiger charge is -2.38. The monoisotopic (exact) mass is 378 g/mol. The van der Waals surface area contributed by atoms with E-state index in [2.05, 4.69) is 72.3 Å². The molecule has 1 atom stereocenters. The van der Waals surface area contributed by atoms with Crippen molar-refractivity contribution in [3.05, 3.63) is 59.7 Å². The molecule has 3 heteroatoms. The van der Waals surface area contributed by atoms with Crippen LogP contribution < -0.4 is 0 Å². The predicted octanol–water partition coefficient (Wildman–Crippen LogP) is 4.95. The van der Waals surface area contributed by atoms with E-state index in [-0.39, 0.29) is 0 Å². The molecule has 0 unspecified atom stereocenters. The molecule has 1 aliphatic heterocycles. The van der Waals surface area contributed by atoms with Crippen molar-refractivity contribution in [3.63, 3.8) is 0 Å². The van der Waals surface area contributed by atoms with Crippen molar-refractivity contribution in [3.8, 4) is 11.1 Å². The Balaban J connectivity index is 1.33. The third-order valence-corrected chi connectivity index (χ3v) is 6.38. The lowest BCUT2D eigenvalue weighted by atomic mass is 10.0. The quantitative estimate of drug-likeness (QED) is 0.707. The van der Waals surface area contributed by atoms with E-state index >= 15 is 0 Å². The van der Waals surface area contributed by atoms with Crippen molar-refractivity contribution in [2.24, 2.45) is 0 Å². The van der Waals surface area contributed by atoms with E-state index in [1.807, 2.05) is 0 Å². The molecule has 2 fully saturated rings. The normalized spacial score (nSPS) is 22.0. The zero-order valence-corrected chi connectivity index (χ0v) is 17.4. The number of piperazine rings is 1. The van der Waals surface area contributed by atoms with E-state index in [0.717, 1.165) is 26.2 Å². The smallest absolute Gasteiger partial charge is 0.0720 e. The standard InChI is InChI=1S/C25H34N2O/c1-20-17-26(2)15-16-27(20)18-21-7-11-23(12-8-21)24-13-9-22(10-14-24)19-28-25-5-3-4-6-25/h7-14,20,25H,3-6,15-19H2,1-2H3/t20-/m1/s1. The van der Waals surface area contributed by atoms with Gasteiger partial charge in [0.15, 0.2) is 0 Å². The van der Waals surface area contributed by atoms with Crippen LogP contribution in [0.2, 0.25) is 0 Å². The zero-order chi connectivity index (χ0) is 19.3. The van der Waals surface area contributed by atoms with Crippen molar-refractivity contribution in [1.29, 1.82) is 0 Å². The molecule has 4 rings (SSSR count). The molecule has 1 saturated heterocycles. The Kier molecular flexibility index (Phi) is 6.46. The van der Waals surface area contributed by atoms with Gasteiger partial charge in [0.25, 0.3) is 0 Å². The number of hydrogen-bond acceptors (Lipinski definition) is 3. The Labute approximate surface area is 170 Å². The van der Waals surface area contributed by atoms with Gasteiger partial charge in [-0.3, -0.25) is 4.90 Å². The van der Waals surface area contributed by atoms with Gasteiger partial charge in [-0.05, 0) is 49.1 Å². The molecule has 2 aliphatic rings. The maximum atomic E-state index is 6.03. The average Bonchev–Trinajstić information content (AvgIpc) is 3.23. The highest BCUT2D eigenvalue weighted by atomic mass is 16.5. The minimum Gasteiger partial charge on any atom is -0.374 e. The maximum absolute atomic E-state index is 6.03. The number of benzene rings is 2. The van der Waals surface area contributed by atoms with Crippen LogP contribution in [0.3, 0.4) is 0 Å². The van der Waals surface area contributed by atoms with Crippen molar-refractivity contribution >= 4 is 0 Å². The molecule has 0 aromatic heterocycles. The summed E-state index contributed by atoms with van der Waals surface area (Å²) in [7, 11) is 2.22. The Morgan fingerprint density at radius 2 is 1.46 bits per heavy atom. The first-order valence-electron chi connectivity index (χ1n) is 10.9. The molecular weight excluding hydrogens is 344 g/mol. The number of ether oxygens (including phenoxy) is 1. The Morgan fingerprint density at radius 1 is 0.857 bits per heavy atom. The molecule has 150 valence electrons. The highest BCUT2D eigenvalue weighted by Crippen LogP contribution is 2.24. The summed E-state index contributed by atoms with van der Waals surface area (Å²) in [5.74, 6) is 0. The lowest BCUT2D eigenvalue weighted by molar-refractivity contribution is 0.0457. The molecule has 0 radical (unpaired) electrons. The van der Waals surface area contributed by atoms with Crippen LogP contribution in [0, 0.1) is 0 Å². The van der Waals surface area contributed by atoms with E-state index < -0.39 is 0 Å². The lowest BCUT2D eigenvalue weighted by Crippen LogP contribution is -2.49. The third kappa shape index (κ3) is 5.02. The second-order valence-electron chi connectivity index (χ2n) is 8.69. The summed E-state index contributed by atoms with van der Waals surface area (Å²) < 4.78 is 6.03. The molecule has 0 bridgehead atoms. The van der Waals surface area contributed by atoms with Crippen LogP contribution in [-0.2, 0) is 17.9 Å². The molecule has 0 spiro atoms. The van der Waals surface area contributed by atoms with E-state index in [0.29, 0.717) is 12.1 Å². The molecule has 2 aromatic carbocycles. The zero-order valence-electron chi connectivity index (χ0n) is 17.4. The topological polar surface area (TPSA) is 15.7 Å². The predicted molar refractivity (Wildman–Crippen MR) is 116 cm³/mol. The maximum Gasteiger partial charge on any atom is 0.0720 e.